The lowest BCUT2D eigenvalue weighted by Crippen LogP contribution is -2.45. The maximum Gasteiger partial charge on any atom is 0.323 e. The van der Waals surface area contributed by atoms with Crippen LogP contribution in [-0.2, 0) is 4.79 Å². The van der Waals surface area contributed by atoms with E-state index in [1.807, 2.05) is 0 Å². The van der Waals surface area contributed by atoms with Gasteiger partial charge in [-0.1, -0.05) is 0 Å². The Hall–Kier alpha value is -1.14. The van der Waals surface area contributed by atoms with Gasteiger partial charge in [-0.15, -0.1) is 11.8 Å². The zero-order valence-electron chi connectivity index (χ0n) is 9.53. The van der Waals surface area contributed by atoms with Crippen molar-refractivity contribution in [1.29, 1.82) is 0 Å². The summed E-state index contributed by atoms with van der Waals surface area (Å²) in [6.07, 6.45) is 1.40. The Labute approximate surface area is 107 Å². The molecular formula is C12H13F2NO2S. The Kier molecular flexibility index (Phi) is 3.59. The van der Waals surface area contributed by atoms with Crippen LogP contribution in [0.5, 0.6) is 0 Å². The maximum absolute atomic E-state index is 13.0. The van der Waals surface area contributed by atoms with Gasteiger partial charge in [0.1, 0.15) is 5.54 Å². The Bertz CT molecular complexity index is 483. The molecule has 0 heterocycles. The number of thioether (sulfide) groups is 1. The van der Waals surface area contributed by atoms with E-state index in [9.17, 15) is 13.6 Å². The first-order valence-electron chi connectivity index (χ1n) is 5.55. The van der Waals surface area contributed by atoms with Gasteiger partial charge in [0.25, 0.3) is 0 Å². The Morgan fingerprint density at radius 2 is 2.17 bits per heavy atom. The number of benzene rings is 1. The van der Waals surface area contributed by atoms with Crippen molar-refractivity contribution in [3.63, 3.8) is 0 Å². The van der Waals surface area contributed by atoms with Crippen LogP contribution in [0.1, 0.15) is 19.3 Å². The zero-order valence-corrected chi connectivity index (χ0v) is 10.3. The summed E-state index contributed by atoms with van der Waals surface area (Å²) in [5, 5.41) is 9.02. The second-order valence-corrected chi connectivity index (χ2v) is 5.89. The van der Waals surface area contributed by atoms with E-state index in [1.54, 1.807) is 0 Å². The molecule has 2 unspecified atom stereocenters. The molecule has 0 saturated heterocycles. The van der Waals surface area contributed by atoms with E-state index < -0.39 is 23.1 Å². The lowest BCUT2D eigenvalue weighted by molar-refractivity contribution is -0.143. The van der Waals surface area contributed by atoms with Gasteiger partial charge in [-0.3, -0.25) is 4.79 Å². The van der Waals surface area contributed by atoms with E-state index in [4.69, 9.17) is 10.8 Å². The molecule has 0 spiro atoms. The molecule has 1 aromatic rings. The molecule has 1 fully saturated rings. The summed E-state index contributed by atoms with van der Waals surface area (Å²) in [6, 6.07) is 3.68. The average molecular weight is 273 g/mol. The van der Waals surface area contributed by atoms with E-state index in [-0.39, 0.29) is 5.25 Å². The third kappa shape index (κ3) is 2.64. The molecule has 3 nitrogen and oxygen atoms in total. The highest BCUT2D eigenvalue weighted by Gasteiger charge is 2.42. The molecule has 1 saturated carbocycles. The van der Waals surface area contributed by atoms with E-state index in [0.29, 0.717) is 24.2 Å². The van der Waals surface area contributed by atoms with Crippen molar-refractivity contribution in [1.82, 2.24) is 0 Å². The van der Waals surface area contributed by atoms with Crippen molar-refractivity contribution in [2.75, 3.05) is 0 Å². The van der Waals surface area contributed by atoms with Gasteiger partial charge in [-0.05, 0) is 37.5 Å². The number of hydrogen-bond donors (Lipinski definition) is 2. The maximum atomic E-state index is 13.0. The van der Waals surface area contributed by atoms with Crippen LogP contribution in [0.4, 0.5) is 8.78 Å². The first-order chi connectivity index (χ1) is 8.40. The number of nitrogens with two attached hydrogens (primary N) is 1. The lowest BCUT2D eigenvalue weighted by atomic mass is 10.0. The van der Waals surface area contributed by atoms with Crippen molar-refractivity contribution in [2.45, 2.75) is 34.9 Å². The molecule has 18 heavy (non-hydrogen) atoms. The molecule has 98 valence electrons. The molecule has 2 atom stereocenters. The van der Waals surface area contributed by atoms with Crippen molar-refractivity contribution in [2.24, 2.45) is 5.73 Å². The minimum absolute atomic E-state index is 0.0240. The molecule has 0 aromatic heterocycles. The molecule has 6 heteroatoms. The number of carboxylic acid groups (broad SMARTS) is 1. The number of aliphatic carboxylic acids is 1. The fourth-order valence-corrected chi connectivity index (χ4v) is 3.39. The van der Waals surface area contributed by atoms with Crippen LogP contribution in [0.15, 0.2) is 23.1 Å². The van der Waals surface area contributed by atoms with Gasteiger partial charge in [0.15, 0.2) is 11.6 Å². The van der Waals surface area contributed by atoms with E-state index in [0.717, 1.165) is 12.1 Å². The highest BCUT2D eigenvalue weighted by Crippen LogP contribution is 2.39. The van der Waals surface area contributed by atoms with E-state index >= 15 is 0 Å². The van der Waals surface area contributed by atoms with Crippen molar-refractivity contribution < 1.29 is 18.7 Å². The summed E-state index contributed by atoms with van der Waals surface area (Å²) in [5.41, 5.74) is 4.57. The second-order valence-electron chi connectivity index (χ2n) is 4.52. The van der Waals surface area contributed by atoms with Crippen molar-refractivity contribution >= 4 is 17.7 Å². The predicted octanol–water partition coefficient (Wildman–Crippen LogP) is 2.39. The van der Waals surface area contributed by atoms with Gasteiger partial charge in [-0.2, -0.15) is 0 Å². The van der Waals surface area contributed by atoms with Gasteiger partial charge in [0, 0.05) is 10.1 Å². The third-order valence-corrected chi connectivity index (χ3v) is 4.39. The molecule has 1 aliphatic rings. The lowest BCUT2D eigenvalue weighted by Gasteiger charge is -2.17. The predicted molar refractivity (Wildman–Crippen MR) is 64.4 cm³/mol. The van der Waals surface area contributed by atoms with Gasteiger partial charge in [0.05, 0.1) is 0 Å². The molecule has 0 aliphatic heterocycles. The summed E-state index contributed by atoms with van der Waals surface area (Å²) in [4.78, 5) is 11.6. The Balaban J connectivity index is 2.03. The molecular weight excluding hydrogens is 260 g/mol. The van der Waals surface area contributed by atoms with Gasteiger partial charge in [-0.25, -0.2) is 8.78 Å². The SMILES string of the molecule is NC1(C(=O)O)CCC(Sc2ccc(F)c(F)c2)C1. The second kappa shape index (κ2) is 4.85. The smallest absolute Gasteiger partial charge is 0.323 e. The van der Waals surface area contributed by atoms with Crippen LogP contribution in [0.2, 0.25) is 0 Å². The zero-order chi connectivity index (χ0) is 13.3. The molecule has 0 bridgehead atoms. The number of rotatable bonds is 3. The van der Waals surface area contributed by atoms with Crippen molar-refractivity contribution in [3.8, 4) is 0 Å². The Morgan fingerprint density at radius 1 is 1.44 bits per heavy atom. The minimum Gasteiger partial charge on any atom is -0.480 e. The van der Waals surface area contributed by atoms with Gasteiger partial charge < -0.3 is 10.8 Å². The van der Waals surface area contributed by atoms with Crippen LogP contribution in [-0.4, -0.2) is 21.9 Å². The number of halogens is 2. The monoisotopic (exact) mass is 273 g/mol. The first-order valence-corrected chi connectivity index (χ1v) is 6.43. The summed E-state index contributed by atoms with van der Waals surface area (Å²) in [7, 11) is 0. The number of carboxylic acids is 1. The minimum atomic E-state index is -1.18. The van der Waals surface area contributed by atoms with Crippen LogP contribution >= 0.6 is 11.8 Å². The van der Waals surface area contributed by atoms with E-state index in [1.165, 1.54) is 17.8 Å². The summed E-state index contributed by atoms with van der Waals surface area (Å²) >= 11 is 1.34. The molecule has 0 amide bonds. The quantitative estimate of drug-likeness (QED) is 0.887. The third-order valence-electron chi connectivity index (χ3n) is 3.12. The number of carbonyl (C=O) groups is 1. The van der Waals surface area contributed by atoms with Crippen molar-refractivity contribution in [3.05, 3.63) is 29.8 Å². The summed E-state index contributed by atoms with van der Waals surface area (Å²) < 4.78 is 25.8. The van der Waals surface area contributed by atoms with Gasteiger partial charge in [0.2, 0.25) is 0 Å². The largest absolute Gasteiger partial charge is 0.480 e. The van der Waals surface area contributed by atoms with Crippen LogP contribution in [0, 0.1) is 11.6 Å². The fourth-order valence-electron chi connectivity index (χ4n) is 2.07. The normalized spacial score (nSPS) is 27.4. The first kappa shape index (κ1) is 13.3. The highest BCUT2D eigenvalue weighted by atomic mass is 32.2. The Morgan fingerprint density at radius 3 is 2.72 bits per heavy atom. The molecule has 0 radical (unpaired) electrons. The molecule has 2 rings (SSSR count). The average Bonchev–Trinajstić information content (AvgIpc) is 2.67. The highest BCUT2D eigenvalue weighted by molar-refractivity contribution is 8.00. The van der Waals surface area contributed by atoms with Gasteiger partial charge >= 0.3 is 5.97 Å². The van der Waals surface area contributed by atoms with E-state index in [2.05, 4.69) is 0 Å². The van der Waals surface area contributed by atoms with Crippen LogP contribution < -0.4 is 5.73 Å². The number of hydrogen-bond acceptors (Lipinski definition) is 3. The topological polar surface area (TPSA) is 63.3 Å². The van der Waals surface area contributed by atoms with Crippen LogP contribution in [0.3, 0.4) is 0 Å². The molecule has 1 aromatic carbocycles. The summed E-state index contributed by atoms with van der Waals surface area (Å²) in [6.45, 7) is 0. The fraction of sp³-hybridized carbons (Fsp3) is 0.417. The molecule has 1 aliphatic carbocycles. The molecule has 3 N–H and O–H groups in total. The van der Waals surface area contributed by atoms with Crippen LogP contribution in [0.25, 0.3) is 0 Å². The summed E-state index contributed by atoms with van der Waals surface area (Å²) in [5.74, 6) is -2.78. The standard InChI is InChI=1S/C12H13F2NO2S/c13-9-2-1-7(5-10(9)14)18-8-3-4-12(15,6-8)11(16)17/h1-2,5,8H,3-4,6,15H2,(H,16,17).